The lowest BCUT2D eigenvalue weighted by Gasteiger charge is -2.14. The number of rotatable bonds is 4. The maximum Gasteiger partial charge on any atom is 0.270 e. The summed E-state index contributed by atoms with van der Waals surface area (Å²) >= 11 is 0. The highest BCUT2D eigenvalue weighted by Gasteiger charge is 2.27. The zero-order valence-corrected chi connectivity index (χ0v) is 15.3. The first-order chi connectivity index (χ1) is 12.5. The van der Waals surface area contributed by atoms with Crippen molar-refractivity contribution in [3.63, 3.8) is 0 Å². The third-order valence-corrected chi connectivity index (χ3v) is 6.14. The molecule has 4 rings (SSSR count). The second-order valence-corrected chi connectivity index (χ2v) is 8.24. The second kappa shape index (κ2) is 6.44. The maximum absolute atomic E-state index is 12.7. The number of nitrogens with zero attached hydrogens (tertiary/aromatic N) is 3. The predicted molar refractivity (Wildman–Crippen MR) is 93.3 cm³/mol. The molecular formula is C16H21N5O4S. The molecule has 9 nitrogen and oxygen atoms in total. The highest BCUT2D eigenvalue weighted by molar-refractivity contribution is 7.92. The summed E-state index contributed by atoms with van der Waals surface area (Å²) in [6, 6.07) is 1.37. The Hall–Kier alpha value is -2.33. The minimum atomic E-state index is -3.85. The smallest absolute Gasteiger partial charge is 0.270 e. The second-order valence-electron chi connectivity index (χ2n) is 6.55. The zero-order valence-electron chi connectivity index (χ0n) is 14.5. The molecule has 2 aliphatic heterocycles. The van der Waals surface area contributed by atoms with Gasteiger partial charge >= 0.3 is 0 Å². The van der Waals surface area contributed by atoms with E-state index >= 15 is 0 Å². The topological polar surface area (TPSA) is 109 Å². The molecule has 0 spiro atoms. The normalized spacial score (nSPS) is 17.3. The van der Waals surface area contributed by atoms with Crippen molar-refractivity contribution in [2.75, 3.05) is 24.4 Å². The SMILES string of the molecule is Cn1nc(NS(=O)(=O)c2c[nH]c(C(=O)N3CCCC3)c2)c2c1CCOC2. The highest BCUT2D eigenvalue weighted by Crippen LogP contribution is 2.26. The molecule has 10 heteroatoms. The summed E-state index contributed by atoms with van der Waals surface area (Å²) in [5.41, 5.74) is 2.00. The van der Waals surface area contributed by atoms with Gasteiger partial charge in [-0.1, -0.05) is 0 Å². The van der Waals surface area contributed by atoms with Gasteiger partial charge in [0.25, 0.3) is 15.9 Å². The van der Waals surface area contributed by atoms with Crippen molar-refractivity contribution in [2.24, 2.45) is 7.05 Å². The van der Waals surface area contributed by atoms with Crippen LogP contribution >= 0.6 is 0 Å². The number of nitrogens with one attached hydrogen (secondary N) is 2. The van der Waals surface area contributed by atoms with E-state index in [4.69, 9.17) is 4.74 Å². The van der Waals surface area contributed by atoms with Crippen LogP contribution in [-0.4, -0.2) is 53.7 Å². The van der Waals surface area contributed by atoms with Gasteiger partial charge in [-0.05, 0) is 18.9 Å². The van der Waals surface area contributed by atoms with Gasteiger partial charge in [0.2, 0.25) is 0 Å². The van der Waals surface area contributed by atoms with Gasteiger partial charge in [0.05, 0.1) is 13.2 Å². The van der Waals surface area contributed by atoms with Crippen LogP contribution in [0.1, 0.15) is 34.6 Å². The van der Waals surface area contributed by atoms with Gasteiger partial charge in [-0.25, -0.2) is 8.42 Å². The lowest BCUT2D eigenvalue weighted by molar-refractivity contribution is 0.0787. The van der Waals surface area contributed by atoms with Crippen LogP contribution in [0.2, 0.25) is 0 Å². The van der Waals surface area contributed by atoms with E-state index in [-0.39, 0.29) is 22.3 Å². The molecule has 1 amide bonds. The summed E-state index contributed by atoms with van der Waals surface area (Å²) in [6.07, 6.45) is 3.98. The standard InChI is InChI=1S/C16H21N5O4S/c1-20-14-4-7-25-10-12(14)15(18-20)19-26(23,24)11-8-13(17-9-11)16(22)21-5-2-3-6-21/h8-9,17H,2-7,10H2,1H3,(H,18,19). The fourth-order valence-electron chi connectivity index (χ4n) is 3.42. The van der Waals surface area contributed by atoms with E-state index in [0.29, 0.717) is 32.7 Å². The monoisotopic (exact) mass is 379 g/mol. The Kier molecular flexibility index (Phi) is 4.23. The molecule has 2 aliphatic rings. The molecule has 4 heterocycles. The van der Waals surface area contributed by atoms with Gasteiger partial charge in [-0.15, -0.1) is 0 Å². The molecule has 140 valence electrons. The lowest BCUT2D eigenvalue weighted by atomic mass is 10.1. The molecule has 2 aromatic heterocycles. The molecule has 0 bridgehead atoms. The van der Waals surface area contributed by atoms with Crippen molar-refractivity contribution in [1.29, 1.82) is 0 Å². The van der Waals surface area contributed by atoms with Gasteiger partial charge in [0.15, 0.2) is 5.82 Å². The zero-order chi connectivity index (χ0) is 18.3. The number of ether oxygens (including phenoxy) is 1. The Balaban J connectivity index is 1.57. The largest absolute Gasteiger partial charge is 0.376 e. The van der Waals surface area contributed by atoms with Crippen molar-refractivity contribution in [3.05, 3.63) is 29.2 Å². The van der Waals surface area contributed by atoms with Crippen LogP contribution in [0.4, 0.5) is 5.82 Å². The third kappa shape index (κ3) is 2.99. The number of amides is 1. The highest BCUT2D eigenvalue weighted by atomic mass is 32.2. The van der Waals surface area contributed by atoms with E-state index in [2.05, 4.69) is 14.8 Å². The third-order valence-electron chi connectivity index (χ3n) is 4.83. The Morgan fingerprint density at radius 1 is 1.35 bits per heavy atom. The summed E-state index contributed by atoms with van der Waals surface area (Å²) in [5, 5.41) is 4.27. The number of likely N-dealkylation sites (tertiary alicyclic amines) is 1. The lowest BCUT2D eigenvalue weighted by Crippen LogP contribution is -2.27. The molecule has 0 aliphatic carbocycles. The van der Waals surface area contributed by atoms with Gasteiger partial charge in [-0.2, -0.15) is 5.10 Å². The van der Waals surface area contributed by atoms with Crippen molar-refractivity contribution < 1.29 is 17.9 Å². The van der Waals surface area contributed by atoms with Crippen LogP contribution in [-0.2, 0) is 34.8 Å². The molecule has 1 fully saturated rings. The van der Waals surface area contributed by atoms with E-state index in [0.717, 1.165) is 24.1 Å². The van der Waals surface area contributed by atoms with Gasteiger partial charge in [-0.3, -0.25) is 14.2 Å². The summed E-state index contributed by atoms with van der Waals surface area (Å²) in [6.45, 7) is 2.34. The number of hydrogen-bond donors (Lipinski definition) is 2. The number of aromatic amines is 1. The maximum atomic E-state index is 12.7. The van der Waals surface area contributed by atoms with Crippen LogP contribution in [0.3, 0.4) is 0 Å². The summed E-state index contributed by atoms with van der Waals surface area (Å²) < 4.78 is 35.0. The molecular weight excluding hydrogens is 358 g/mol. The van der Waals surface area contributed by atoms with Gasteiger partial charge in [0.1, 0.15) is 10.6 Å². The first kappa shape index (κ1) is 17.1. The average Bonchev–Trinajstić information content (AvgIpc) is 3.35. The van der Waals surface area contributed by atoms with Gasteiger partial charge in [0, 0.05) is 44.0 Å². The molecule has 26 heavy (non-hydrogen) atoms. The Labute approximate surface area is 151 Å². The molecule has 1 saturated heterocycles. The van der Waals surface area contributed by atoms with E-state index in [1.807, 2.05) is 0 Å². The fraction of sp³-hybridized carbons (Fsp3) is 0.500. The Bertz CT molecular complexity index is 940. The molecule has 0 saturated carbocycles. The van der Waals surface area contributed by atoms with E-state index in [9.17, 15) is 13.2 Å². The van der Waals surface area contributed by atoms with Crippen molar-refractivity contribution in [3.8, 4) is 0 Å². The number of aromatic nitrogens is 3. The number of hydrogen-bond acceptors (Lipinski definition) is 5. The summed E-state index contributed by atoms with van der Waals surface area (Å²) in [7, 11) is -2.07. The number of carbonyl (C=O) groups excluding carboxylic acids is 1. The van der Waals surface area contributed by atoms with Crippen LogP contribution < -0.4 is 4.72 Å². The number of fused-ring (bicyclic) bond motifs is 1. The van der Waals surface area contributed by atoms with Crippen LogP contribution in [0.15, 0.2) is 17.2 Å². The minimum Gasteiger partial charge on any atom is -0.376 e. The van der Waals surface area contributed by atoms with Gasteiger partial charge < -0.3 is 14.6 Å². The van der Waals surface area contributed by atoms with Crippen molar-refractivity contribution >= 4 is 21.7 Å². The molecule has 0 unspecified atom stereocenters. The number of aryl methyl sites for hydroxylation is 1. The number of carbonyl (C=O) groups is 1. The quantitative estimate of drug-likeness (QED) is 0.819. The number of H-pyrrole nitrogens is 1. The molecule has 0 aromatic carbocycles. The first-order valence-corrected chi connectivity index (χ1v) is 10.1. The molecule has 0 atom stereocenters. The van der Waals surface area contributed by atoms with Crippen molar-refractivity contribution in [2.45, 2.75) is 30.8 Å². The van der Waals surface area contributed by atoms with E-state index < -0.39 is 10.0 Å². The average molecular weight is 379 g/mol. The van der Waals surface area contributed by atoms with E-state index in [1.165, 1.54) is 12.3 Å². The van der Waals surface area contributed by atoms with Crippen LogP contribution in [0.5, 0.6) is 0 Å². The van der Waals surface area contributed by atoms with Crippen LogP contribution in [0.25, 0.3) is 0 Å². The molecule has 0 radical (unpaired) electrons. The van der Waals surface area contributed by atoms with Crippen molar-refractivity contribution in [1.82, 2.24) is 19.7 Å². The molecule has 2 aromatic rings. The number of anilines is 1. The Morgan fingerprint density at radius 3 is 2.88 bits per heavy atom. The molecule has 2 N–H and O–H groups in total. The summed E-state index contributed by atoms with van der Waals surface area (Å²) in [4.78, 5) is 16.9. The minimum absolute atomic E-state index is 0.0103. The predicted octanol–water partition coefficient (Wildman–Crippen LogP) is 0.858. The summed E-state index contributed by atoms with van der Waals surface area (Å²) in [5.74, 6) is 0.100. The number of sulfonamides is 1. The van der Waals surface area contributed by atoms with E-state index in [1.54, 1.807) is 16.6 Å². The van der Waals surface area contributed by atoms with Crippen LogP contribution in [0, 0.1) is 0 Å². The first-order valence-electron chi connectivity index (χ1n) is 8.59. The fourth-order valence-corrected chi connectivity index (χ4v) is 4.45. The Morgan fingerprint density at radius 2 is 2.12 bits per heavy atom.